The molecule has 2 aromatic carbocycles. The van der Waals surface area contributed by atoms with Gasteiger partial charge in [0, 0.05) is 29.2 Å². The van der Waals surface area contributed by atoms with Gasteiger partial charge in [0.25, 0.3) is 5.91 Å². The Bertz CT molecular complexity index is 1060. The molecule has 3 rings (SSSR count). The van der Waals surface area contributed by atoms with E-state index in [4.69, 9.17) is 4.74 Å². The minimum absolute atomic E-state index is 0.0759. The van der Waals surface area contributed by atoms with Crippen molar-refractivity contribution in [3.05, 3.63) is 81.7 Å². The fourth-order valence-corrected chi connectivity index (χ4v) is 3.64. The molecule has 160 valence electrons. The summed E-state index contributed by atoms with van der Waals surface area (Å²) in [5.41, 5.74) is 2.49. The van der Waals surface area contributed by atoms with Gasteiger partial charge in [0.1, 0.15) is 4.88 Å². The molecule has 0 saturated heterocycles. The molecule has 31 heavy (non-hydrogen) atoms. The van der Waals surface area contributed by atoms with Crippen LogP contribution < -0.4 is 10.2 Å². The lowest BCUT2D eigenvalue weighted by atomic mass is 10.2. The number of hydrogen-bond acceptors (Lipinski definition) is 7. The van der Waals surface area contributed by atoms with Crippen molar-refractivity contribution in [3.8, 4) is 0 Å². The van der Waals surface area contributed by atoms with Crippen LogP contribution in [-0.2, 0) is 9.53 Å². The second-order valence-electron chi connectivity index (χ2n) is 6.87. The van der Waals surface area contributed by atoms with Crippen LogP contribution >= 0.6 is 11.3 Å². The Labute approximate surface area is 183 Å². The molecule has 0 bridgehead atoms. The molecule has 1 N–H and O–H groups in total. The first-order chi connectivity index (χ1) is 14.8. The zero-order chi connectivity index (χ0) is 22.4. The number of anilines is 3. The van der Waals surface area contributed by atoms with Gasteiger partial charge in [0.15, 0.2) is 6.61 Å². The number of amides is 1. The van der Waals surface area contributed by atoms with Gasteiger partial charge >= 0.3 is 11.0 Å². The zero-order valence-corrected chi connectivity index (χ0v) is 17.8. The van der Waals surface area contributed by atoms with E-state index in [1.807, 2.05) is 68.4 Å². The van der Waals surface area contributed by atoms with Gasteiger partial charge in [-0.25, -0.2) is 4.79 Å². The monoisotopic (exact) mass is 439 g/mol. The van der Waals surface area contributed by atoms with Gasteiger partial charge in [-0.2, -0.15) is 0 Å². The van der Waals surface area contributed by atoms with Crippen molar-refractivity contribution in [1.29, 1.82) is 0 Å². The number of esters is 1. The van der Waals surface area contributed by atoms with E-state index < -0.39 is 23.4 Å². The van der Waals surface area contributed by atoms with Crippen molar-refractivity contribution >= 4 is 45.3 Å². The lowest BCUT2D eigenvalue weighted by Crippen LogP contribution is -2.39. The molecule has 0 aliphatic heterocycles. The summed E-state index contributed by atoms with van der Waals surface area (Å²) in [4.78, 5) is 36.6. The molecule has 1 amide bonds. The van der Waals surface area contributed by atoms with Crippen LogP contribution in [-0.4, -0.2) is 29.4 Å². The first-order valence-corrected chi connectivity index (χ1v) is 10.3. The predicted molar refractivity (Wildman–Crippen MR) is 120 cm³/mol. The van der Waals surface area contributed by atoms with E-state index in [-0.39, 0.29) is 15.9 Å². The van der Waals surface area contributed by atoms with Gasteiger partial charge in [0.05, 0.1) is 4.92 Å². The second kappa shape index (κ2) is 9.86. The molecular formula is C22H21N3O5S. The number of para-hydroxylation sites is 1. The summed E-state index contributed by atoms with van der Waals surface area (Å²) in [7, 11) is 0. The Hall–Kier alpha value is -3.72. The third-order valence-electron chi connectivity index (χ3n) is 4.29. The molecule has 8 nitrogen and oxygen atoms in total. The molecular weight excluding hydrogens is 418 g/mol. The Kier molecular flexibility index (Phi) is 6.99. The van der Waals surface area contributed by atoms with Gasteiger partial charge in [0.2, 0.25) is 0 Å². The zero-order valence-electron chi connectivity index (χ0n) is 17.0. The highest BCUT2D eigenvalue weighted by atomic mass is 32.1. The molecule has 1 heterocycles. The Balaban J connectivity index is 1.64. The van der Waals surface area contributed by atoms with E-state index in [0.29, 0.717) is 17.0 Å². The number of carbonyl (C=O) groups excluding carboxylic acids is 2. The highest BCUT2D eigenvalue weighted by Crippen LogP contribution is 2.25. The average Bonchev–Trinajstić information content (AvgIpc) is 3.25. The minimum atomic E-state index is -0.766. The lowest BCUT2D eigenvalue weighted by molar-refractivity contribution is -0.380. The topological polar surface area (TPSA) is 102 Å². The maximum absolute atomic E-state index is 12.7. The van der Waals surface area contributed by atoms with E-state index in [1.54, 1.807) is 0 Å². The summed E-state index contributed by atoms with van der Waals surface area (Å²) in [6, 6.07) is 19.4. The number of nitrogens with zero attached hydrogens (tertiary/aromatic N) is 2. The van der Waals surface area contributed by atoms with Crippen LogP contribution in [0.4, 0.5) is 22.1 Å². The van der Waals surface area contributed by atoms with Crippen molar-refractivity contribution in [1.82, 2.24) is 0 Å². The number of rotatable bonds is 8. The molecule has 3 aromatic rings. The third kappa shape index (κ3) is 5.67. The van der Waals surface area contributed by atoms with E-state index in [2.05, 4.69) is 5.32 Å². The standard InChI is InChI=1S/C22H21N3O5S/c1-15(2)24(18-10-8-17(9-11-18)23-16-6-4-3-5-7-16)20(26)14-30-22(27)19-12-13-21(31-19)25(28)29/h3-13,15,23H,14H2,1-2H3. The molecule has 0 aliphatic carbocycles. The van der Waals surface area contributed by atoms with Crippen molar-refractivity contribution < 1.29 is 19.2 Å². The van der Waals surface area contributed by atoms with Crippen LogP contribution in [0.1, 0.15) is 23.5 Å². The van der Waals surface area contributed by atoms with Crippen molar-refractivity contribution in [3.63, 3.8) is 0 Å². The fraction of sp³-hybridized carbons (Fsp3) is 0.182. The summed E-state index contributed by atoms with van der Waals surface area (Å²) >= 11 is 0.709. The summed E-state index contributed by atoms with van der Waals surface area (Å²) in [6.45, 7) is 3.25. The molecule has 0 spiro atoms. The highest BCUT2D eigenvalue weighted by Gasteiger charge is 2.22. The number of ether oxygens (including phenoxy) is 1. The summed E-state index contributed by atoms with van der Waals surface area (Å²) in [6.07, 6.45) is 0. The maximum Gasteiger partial charge on any atom is 0.349 e. The smallest absolute Gasteiger partial charge is 0.349 e. The van der Waals surface area contributed by atoms with Gasteiger partial charge in [-0.15, -0.1) is 0 Å². The predicted octanol–water partition coefficient (Wildman–Crippen LogP) is 5.00. The van der Waals surface area contributed by atoms with Gasteiger partial charge in [-0.3, -0.25) is 14.9 Å². The number of hydrogen-bond donors (Lipinski definition) is 1. The molecule has 0 atom stereocenters. The van der Waals surface area contributed by atoms with Crippen LogP contribution in [0, 0.1) is 10.1 Å². The number of benzene rings is 2. The molecule has 1 aromatic heterocycles. The Morgan fingerprint density at radius 2 is 1.68 bits per heavy atom. The Morgan fingerprint density at radius 3 is 2.26 bits per heavy atom. The summed E-state index contributed by atoms with van der Waals surface area (Å²) in [5, 5.41) is 13.9. The van der Waals surface area contributed by atoms with E-state index >= 15 is 0 Å². The quantitative estimate of drug-likeness (QED) is 0.301. The number of thiophene rings is 1. The van der Waals surface area contributed by atoms with E-state index in [0.717, 1.165) is 11.4 Å². The van der Waals surface area contributed by atoms with Gasteiger partial charge < -0.3 is 15.0 Å². The first kappa shape index (κ1) is 22.0. The van der Waals surface area contributed by atoms with Crippen LogP contribution in [0.25, 0.3) is 0 Å². The van der Waals surface area contributed by atoms with Crippen LogP contribution in [0.5, 0.6) is 0 Å². The van der Waals surface area contributed by atoms with Crippen molar-refractivity contribution in [2.45, 2.75) is 19.9 Å². The number of carbonyl (C=O) groups is 2. The summed E-state index contributed by atoms with van der Waals surface area (Å²) < 4.78 is 5.08. The SMILES string of the molecule is CC(C)N(C(=O)COC(=O)c1ccc([N+](=O)[O-])s1)c1ccc(Nc2ccccc2)cc1. The average molecular weight is 439 g/mol. The van der Waals surface area contributed by atoms with Crippen LogP contribution in [0.15, 0.2) is 66.7 Å². The largest absolute Gasteiger partial charge is 0.451 e. The van der Waals surface area contributed by atoms with E-state index in [9.17, 15) is 19.7 Å². The van der Waals surface area contributed by atoms with Gasteiger partial charge in [-0.05, 0) is 56.3 Å². The van der Waals surface area contributed by atoms with Crippen molar-refractivity contribution in [2.75, 3.05) is 16.8 Å². The lowest BCUT2D eigenvalue weighted by Gasteiger charge is -2.27. The van der Waals surface area contributed by atoms with Gasteiger partial charge in [-0.1, -0.05) is 29.5 Å². The molecule has 0 saturated carbocycles. The number of nitrogens with one attached hydrogen (secondary N) is 1. The second-order valence-corrected chi connectivity index (χ2v) is 7.93. The molecule has 9 heteroatoms. The van der Waals surface area contributed by atoms with Crippen molar-refractivity contribution in [2.24, 2.45) is 0 Å². The minimum Gasteiger partial charge on any atom is -0.451 e. The Morgan fingerprint density at radius 1 is 1.03 bits per heavy atom. The molecule has 0 unspecified atom stereocenters. The first-order valence-electron chi connectivity index (χ1n) is 9.50. The third-order valence-corrected chi connectivity index (χ3v) is 5.31. The summed E-state index contributed by atoms with van der Waals surface area (Å²) in [5.74, 6) is -1.16. The normalized spacial score (nSPS) is 10.5. The number of nitro groups is 1. The fourth-order valence-electron chi connectivity index (χ4n) is 2.93. The van der Waals surface area contributed by atoms with E-state index in [1.165, 1.54) is 17.0 Å². The maximum atomic E-state index is 12.7. The molecule has 0 aliphatic rings. The van der Waals surface area contributed by atoms with Crippen LogP contribution in [0.2, 0.25) is 0 Å². The molecule has 0 radical (unpaired) electrons. The highest BCUT2D eigenvalue weighted by molar-refractivity contribution is 7.17. The van der Waals surface area contributed by atoms with Crippen LogP contribution in [0.3, 0.4) is 0 Å². The molecule has 0 fully saturated rings.